The summed E-state index contributed by atoms with van der Waals surface area (Å²) >= 11 is 0. The summed E-state index contributed by atoms with van der Waals surface area (Å²) in [5.41, 5.74) is 10.5. The molecule has 0 atom stereocenters. The number of amides is 1. The van der Waals surface area contributed by atoms with Gasteiger partial charge in [0.1, 0.15) is 0 Å². The molecule has 0 aromatic heterocycles. The molecule has 110 valence electrons. The molecule has 1 aliphatic rings. The van der Waals surface area contributed by atoms with Crippen molar-refractivity contribution in [3.05, 3.63) is 89.1 Å². The van der Waals surface area contributed by atoms with E-state index in [9.17, 15) is 4.79 Å². The van der Waals surface area contributed by atoms with Crippen LogP contribution in [-0.4, -0.2) is 12.5 Å². The predicted molar refractivity (Wildman–Crippen MR) is 89.3 cm³/mol. The van der Waals surface area contributed by atoms with Crippen molar-refractivity contribution in [2.24, 2.45) is 5.73 Å². The van der Waals surface area contributed by atoms with Crippen molar-refractivity contribution in [2.75, 3.05) is 6.54 Å². The highest BCUT2D eigenvalue weighted by atomic mass is 16.1. The highest BCUT2D eigenvalue weighted by Gasteiger charge is 2.16. The quantitative estimate of drug-likeness (QED) is 0.909. The standard InChI is InChI=1S/C19H18N2O/c20-19(22)17-8-4-7-16(13-14-5-2-1-3-6-14)18(17)15-9-11-21-12-10-15/h1-11,21H,12-13H2,(H2,20,22). The van der Waals surface area contributed by atoms with Gasteiger partial charge < -0.3 is 11.1 Å². The molecule has 0 saturated carbocycles. The minimum Gasteiger partial charge on any atom is -0.387 e. The molecule has 0 saturated heterocycles. The van der Waals surface area contributed by atoms with E-state index in [0.717, 1.165) is 29.7 Å². The summed E-state index contributed by atoms with van der Waals surface area (Å²) < 4.78 is 0. The van der Waals surface area contributed by atoms with Crippen LogP contribution >= 0.6 is 0 Å². The molecule has 0 spiro atoms. The number of benzene rings is 2. The van der Waals surface area contributed by atoms with E-state index in [2.05, 4.69) is 29.6 Å². The fraction of sp³-hybridized carbons (Fsp3) is 0.105. The lowest BCUT2D eigenvalue weighted by Gasteiger charge is -2.17. The summed E-state index contributed by atoms with van der Waals surface area (Å²) in [5, 5.41) is 3.13. The zero-order valence-corrected chi connectivity index (χ0v) is 12.3. The minimum atomic E-state index is -0.391. The number of rotatable bonds is 4. The van der Waals surface area contributed by atoms with Crippen molar-refractivity contribution in [3.63, 3.8) is 0 Å². The van der Waals surface area contributed by atoms with Crippen LogP contribution in [0.25, 0.3) is 5.57 Å². The van der Waals surface area contributed by atoms with Gasteiger partial charge in [-0.05, 0) is 47.0 Å². The van der Waals surface area contributed by atoms with Crippen molar-refractivity contribution in [1.82, 2.24) is 5.32 Å². The van der Waals surface area contributed by atoms with Crippen LogP contribution < -0.4 is 11.1 Å². The number of dihydropyridines is 1. The molecule has 3 N–H and O–H groups in total. The Bertz CT molecular complexity index is 745. The molecular weight excluding hydrogens is 272 g/mol. The van der Waals surface area contributed by atoms with Gasteiger partial charge >= 0.3 is 0 Å². The number of nitrogens with two attached hydrogens (primary N) is 1. The van der Waals surface area contributed by atoms with Gasteiger partial charge in [-0.25, -0.2) is 0 Å². The molecule has 0 bridgehead atoms. The number of carbonyl (C=O) groups excluding carboxylic acids is 1. The molecular formula is C19H18N2O. The molecule has 22 heavy (non-hydrogen) atoms. The number of allylic oxidation sites excluding steroid dienone is 2. The number of hydrogen-bond donors (Lipinski definition) is 2. The molecule has 1 amide bonds. The summed E-state index contributed by atoms with van der Waals surface area (Å²) in [6.07, 6.45) is 6.74. The summed E-state index contributed by atoms with van der Waals surface area (Å²) in [6.45, 7) is 0.754. The van der Waals surface area contributed by atoms with Crippen LogP contribution in [-0.2, 0) is 6.42 Å². The third-order valence-electron chi connectivity index (χ3n) is 3.76. The van der Waals surface area contributed by atoms with E-state index < -0.39 is 5.91 Å². The smallest absolute Gasteiger partial charge is 0.249 e. The monoisotopic (exact) mass is 290 g/mol. The Labute approximate surface area is 130 Å². The first kappa shape index (κ1) is 14.1. The Morgan fingerprint density at radius 2 is 1.91 bits per heavy atom. The van der Waals surface area contributed by atoms with Gasteiger partial charge in [-0.15, -0.1) is 0 Å². The zero-order chi connectivity index (χ0) is 15.4. The predicted octanol–water partition coefficient (Wildman–Crippen LogP) is 2.88. The minimum absolute atomic E-state index is 0.391. The van der Waals surface area contributed by atoms with E-state index in [-0.39, 0.29) is 0 Å². The maximum Gasteiger partial charge on any atom is 0.249 e. The SMILES string of the molecule is NC(=O)c1cccc(Cc2ccccc2)c1C1=CCNC=C1. The highest BCUT2D eigenvalue weighted by molar-refractivity contribution is 6.00. The molecule has 3 heteroatoms. The molecule has 2 aromatic rings. The Hall–Kier alpha value is -2.81. The van der Waals surface area contributed by atoms with Gasteiger partial charge in [-0.2, -0.15) is 0 Å². The van der Waals surface area contributed by atoms with Gasteiger partial charge in [0.15, 0.2) is 0 Å². The molecule has 0 radical (unpaired) electrons. The summed E-state index contributed by atoms with van der Waals surface area (Å²) in [5.74, 6) is -0.391. The lowest BCUT2D eigenvalue weighted by atomic mass is 9.89. The van der Waals surface area contributed by atoms with Crippen molar-refractivity contribution >= 4 is 11.5 Å². The zero-order valence-electron chi connectivity index (χ0n) is 12.3. The van der Waals surface area contributed by atoms with Crippen LogP contribution in [0.3, 0.4) is 0 Å². The largest absolute Gasteiger partial charge is 0.387 e. The van der Waals surface area contributed by atoms with E-state index in [4.69, 9.17) is 5.73 Å². The van der Waals surface area contributed by atoms with Crippen molar-refractivity contribution in [3.8, 4) is 0 Å². The van der Waals surface area contributed by atoms with E-state index >= 15 is 0 Å². The molecule has 3 rings (SSSR count). The van der Waals surface area contributed by atoms with E-state index in [0.29, 0.717) is 5.56 Å². The van der Waals surface area contributed by atoms with E-state index in [1.54, 1.807) is 6.07 Å². The van der Waals surface area contributed by atoms with Gasteiger partial charge in [0.05, 0.1) is 0 Å². The topological polar surface area (TPSA) is 55.1 Å². The highest BCUT2D eigenvalue weighted by Crippen LogP contribution is 2.27. The van der Waals surface area contributed by atoms with Gasteiger partial charge in [-0.1, -0.05) is 48.5 Å². The molecule has 0 fully saturated rings. The van der Waals surface area contributed by atoms with Crippen LogP contribution in [0.4, 0.5) is 0 Å². The number of hydrogen-bond acceptors (Lipinski definition) is 2. The Kier molecular flexibility index (Phi) is 4.05. The summed E-state index contributed by atoms with van der Waals surface area (Å²) in [4.78, 5) is 11.8. The van der Waals surface area contributed by atoms with Crippen LogP contribution in [0, 0.1) is 0 Å². The lowest BCUT2D eigenvalue weighted by Crippen LogP contribution is -2.16. The number of carbonyl (C=O) groups is 1. The first-order valence-electron chi connectivity index (χ1n) is 7.32. The maximum absolute atomic E-state index is 11.8. The Morgan fingerprint density at radius 1 is 1.09 bits per heavy atom. The number of nitrogens with one attached hydrogen (secondary N) is 1. The fourth-order valence-corrected chi connectivity index (χ4v) is 2.75. The Balaban J connectivity index is 2.09. The molecule has 1 heterocycles. The summed E-state index contributed by atoms with van der Waals surface area (Å²) in [6, 6.07) is 16.0. The van der Waals surface area contributed by atoms with Crippen molar-refractivity contribution in [1.29, 1.82) is 0 Å². The molecule has 1 aliphatic heterocycles. The second kappa shape index (κ2) is 6.31. The van der Waals surface area contributed by atoms with E-state index in [1.807, 2.05) is 36.5 Å². The van der Waals surface area contributed by atoms with Crippen molar-refractivity contribution < 1.29 is 4.79 Å². The molecule has 3 nitrogen and oxygen atoms in total. The molecule has 2 aromatic carbocycles. The third kappa shape index (κ3) is 2.93. The first-order chi connectivity index (χ1) is 10.8. The van der Waals surface area contributed by atoms with Gasteiger partial charge in [0.25, 0.3) is 0 Å². The maximum atomic E-state index is 11.8. The van der Waals surface area contributed by atoms with Gasteiger partial charge in [0.2, 0.25) is 5.91 Å². The number of primary amides is 1. The summed E-state index contributed by atoms with van der Waals surface area (Å²) in [7, 11) is 0. The van der Waals surface area contributed by atoms with Crippen molar-refractivity contribution in [2.45, 2.75) is 6.42 Å². The second-order valence-electron chi connectivity index (χ2n) is 5.27. The Morgan fingerprint density at radius 3 is 2.59 bits per heavy atom. The second-order valence-corrected chi connectivity index (χ2v) is 5.27. The molecule has 0 aliphatic carbocycles. The molecule has 0 unspecified atom stereocenters. The van der Waals surface area contributed by atoms with Gasteiger partial charge in [0, 0.05) is 12.1 Å². The lowest BCUT2D eigenvalue weighted by molar-refractivity contribution is 0.1000. The van der Waals surface area contributed by atoms with Gasteiger partial charge in [-0.3, -0.25) is 4.79 Å². The average molecular weight is 290 g/mol. The van der Waals surface area contributed by atoms with Crippen LogP contribution in [0.15, 0.2) is 66.9 Å². The fourth-order valence-electron chi connectivity index (χ4n) is 2.75. The average Bonchev–Trinajstić information content (AvgIpc) is 2.56. The van der Waals surface area contributed by atoms with Crippen LogP contribution in [0.5, 0.6) is 0 Å². The van der Waals surface area contributed by atoms with Crippen LogP contribution in [0.1, 0.15) is 27.0 Å². The van der Waals surface area contributed by atoms with Crippen LogP contribution in [0.2, 0.25) is 0 Å². The third-order valence-corrected chi connectivity index (χ3v) is 3.76. The first-order valence-corrected chi connectivity index (χ1v) is 7.32. The normalized spacial score (nSPS) is 13.4. The van der Waals surface area contributed by atoms with E-state index in [1.165, 1.54) is 5.56 Å².